The zero-order valence-corrected chi connectivity index (χ0v) is 12.5. The molecule has 1 N–H and O–H groups in total. The van der Waals surface area contributed by atoms with Gasteiger partial charge in [0.15, 0.2) is 0 Å². The van der Waals surface area contributed by atoms with Crippen molar-refractivity contribution < 1.29 is 14.6 Å². The lowest BCUT2D eigenvalue weighted by Gasteiger charge is -2.16. The fourth-order valence-electron chi connectivity index (χ4n) is 2.12. The van der Waals surface area contributed by atoms with E-state index in [-0.39, 0.29) is 6.42 Å². The van der Waals surface area contributed by atoms with Gasteiger partial charge in [0.2, 0.25) is 0 Å². The van der Waals surface area contributed by atoms with Gasteiger partial charge in [-0.2, -0.15) is 0 Å². The first-order valence-electron chi connectivity index (χ1n) is 6.75. The minimum atomic E-state index is -0.874. The SMILES string of the molecule is C[C@H](CC(=O)O)Oc1ccc(Cl)cc1Cc1ccccc1. The first-order valence-corrected chi connectivity index (χ1v) is 7.13. The van der Waals surface area contributed by atoms with Gasteiger partial charge in [-0.15, -0.1) is 0 Å². The number of hydrogen-bond acceptors (Lipinski definition) is 2. The molecule has 0 bridgehead atoms. The Balaban J connectivity index is 2.19. The summed E-state index contributed by atoms with van der Waals surface area (Å²) in [5.74, 6) is -0.196. The van der Waals surface area contributed by atoms with Gasteiger partial charge in [-0.25, -0.2) is 0 Å². The van der Waals surface area contributed by atoms with E-state index in [4.69, 9.17) is 21.4 Å². The Morgan fingerprint density at radius 2 is 1.95 bits per heavy atom. The third kappa shape index (κ3) is 4.80. The summed E-state index contributed by atoms with van der Waals surface area (Å²) >= 11 is 6.05. The van der Waals surface area contributed by atoms with Crippen LogP contribution in [0.15, 0.2) is 48.5 Å². The van der Waals surface area contributed by atoms with Gasteiger partial charge in [0.05, 0.1) is 6.42 Å². The van der Waals surface area contributed by atoms with E-state index >= 15 is 0 Å². The lowest BCUT2D eigenvalue weighted by molar-refractivity contribution is -0.138. The summed E-state index contributed by atoms with van der Waals surface area (Å²) in [7, 11) is 0. The predicted molar refractivity (Wildman–Crippen MR) is 83.0 cm³/mol. The lowest BCUT2D eigenvalue weighted by Crippen LogP contribution is -2.17. The third-order valence-corrected chi connectivity index (χ3v) is 3.29. The molecule has 0 fully saturated rings. The van der Waals surface area contributed by atoms with E-state index in [1.165, 1.54) is 0 Å². The molecule has 0 aliphatic rings. The van der Waals surface area contributed by atoms with Crippen molar-refractivity contribution >= 4 is 17.6 Å². The van der Waals surface area contributed by atoms with Gasteiger partial charge < -0.3 is 9.84 Å². The van der Waals surface area contributed by atoms with E-state index in [0.29, 0.717) is 17.2 Å². The minimum Gasteiger partial charge on any atom is -0.490 e. The Kier molecular flexibility index (Phi) is 5.23. The number of carboxylic acid groups (broad SMARTS) is 1. The highest BCUT2D eigenvalue weighted by Crippen LogP contribution is 2.26. The van der Waals surface area contributed by atoms with Crippen LogP contribution in [0.3, 0.4) is 0 Å². The van der Waals surface area contributed by atoms with Crippen molar-refractivity contribution in [3.05, 3.63) is 64.7 Å². The van der Waals surface area contributed by atoms with Crippen molar-refractivity contribution in [1.82, 2.24) is 0 Å². The van der Waals surface area contributed by atoms with Crippen LogP contribution in [0.5, 0.6) is 5.75 Å². The molecular weight excluding hydrogens is 288 g/mol. The second-order valence-electron chi connectivity index (χ2n) is 4.94. The number of halogens is 1. The molecule has 2 rings (SSSR count). The van der Waals surface area contributed by atoms with Crippen molar-refractivity contribution in [2.45, 2.75) is 25.9 Å². The number of carboxylic acids is 1. The fourth-order valence-corrected chi connectivity index (χ4v) is 2.32. The van der Waals surface area contributed by atoms with Crippen LogP contribution in [-0.2, 0) is 11.2 Å². The molecule has 0 radical (unpaired) electrons. The van der Waals surface area contributed by atoms with Gasteiger partial charge in [0, 0.05) is 11.4 Å². The van der Waals surface area contributed by atoms with Crippen LogP contribution in [-0.4, -0.2) is 17.2 Å². The number of carbonyl (C=O) groups is 1. The van der Waals surface area contributed by atoms with Crippen molar-refractivity contribution in [1.29, 1.82) is 0 Å². The minimum absolute atomic E-state index is 0.0343. The van der Waals surface area contributed by atoms with Crippen LogP contribution >= 0.6 is 11.6 Å². The molecule has 2 aromatic carbocycles. The number of ether oxygens (including phenoxy) is 1. The Labute approximate surface area is 129 Å². The Morgan fingerprint density at radius 3 is 2.62 bits per heavy atom. The Morgan fingerprint density at radius 1 is 1.24 bits per heavy atom. The van der Waals surface area contributed by atoms with Crippen LogP contribution in [0.1, 0.15) is 24.5 Å². The van der Waals surface area contributed by atoms with E-state index in [1.807, 2.05) is 36.4 Å². The molecule has 0 aliphatic carbocycles. The average molecular weight is 305 g/mol. The maximum Gasteiger partial charge on any atom is 0.307 e. The highest BCUT2D eigenvalue weighted by molar-refractivity contribution is 6.30. The number of rotatable bonds is 6. The molecule has 21 heavy (non-hydrogen) atoms. The highest BCUT2D eigenvalue weighted by Gasteiger charge is 2.12. The molecule has 0 amide bonds. The Hall–Kier alpha value is -2.00. The van der Waals surface area contributed by atoms with Gasteiger partial charge in [0.25, 0.3) is 0 Å². The molecule has 0 aliphatic heterocycles. The van der Waals surface area contributed by atoms with Crippen LogP contribution in [0.2, 0.25) is 5.02 Å². The summed E-state index contributed by atoms with van der Waals surface area (Å²) in [4.78, 5) is 10.7. The molecule has 0 saturated heterocycles. The smallest absolute Gasteiger partial charge is 0.307 e. The molecule has 1 atom stereocenters. The van der Waals surface area contributed by atoms with Crippen molar-refractivity contribution in [2.24, 2.45) is 0 Å². The van der Waals surface area contributed by atoms with Crippen molar-refractivity contribution in [3.8, 4) is 5.75 Å². The van der Waals surface area contributed by atoms with Gasteiger partial charge in [0.1, 0.15) is 11.9 Å². The van der Waals surface area contributed by atoms with E-state index in [0.717, 1.165) is 11.1 Å². The standard InChI is InChI=1S/C17H17ClO3/c1-12(9-17(19)20)21-16-8-7-15(18)11-14(16)10-13-5-3-2-4-6-13/h2-8,11-12H,9-10H2,1H3,(H,19,20)/t12-/m1/s1. The molecule has 0 heterocycles. The van der Waals surface area contributed by atoms with Crippen LogP contribution < -0.4 is 4.74 Å². The second kappa shape index (κ2) is 7.14. The largest absolute Gasteiger partial charge is 0.490 e. The molecule has 0 aromatic heterocycles. The van der Waals surface area contributed by atoms with Crippen LogP contribution in [0, 0.1) is 0 Å². The van der Waals surface area contributed by atoms with E-state index < -0.39 is 12.1 Å². The highest BCUT2D eigenvalue weighted by atomic mass is 35.5. The lowest BCUT2D eigenvalue weighted by atomic mass is 10.0. The summed E-state index contributed by atoms with van der Waals surface area (Å²) in [6.07, 6.45) is 0.266. The molecule has 0 spiro atoms. The monoisotopic (exact) mass is 304 g/mol. The van der Waals surface area contributed by atoms with Gasteiger partial charge >= 0.3 is 5.97 Å². The summed E-state index contributed by atoms with van der Waals surface area (Å²) in [5, 5.41) is 9.45. The molecular formula is C17H17ClO3. The average Bonchev–Trinajstić information content (AvgIpc) is 2.42. The maximum absolute atomic E-state index is 10.7. The molecule has 2 aromatic rings. The third-order valence-electron chi connectivity index (χ3n) is 3.05. The fraction of sp³-hybridized carbons (Fsp3) is 0.235. The molecule has 110 valence electrons. The summed E-state index contributed by atoms with van der Waals surface area (Å²) in [6.45, 7) is 1.75. The summed E-state index contributed by atoms with van der Waals surface area (Å²) in [5.41, 5.74) is 2.10. The second-order valence-corrected chi connectivity index (χ2v) is 5.38. The van der Waals surface area contributed by atoms with Gasteiger partial charge in [-0.3, -0.25) is 4.79 Å². The molecule has 0 saturated carbocycles. The maximum atomic E-state index is 10.7. The van der Waals surface area contributed by atoms with E-state index in [2.05, 4.69) is 0 Å². The van der Waals surface area contributed by atoms with E-state index in [1.54, 1.807) is 19.1 Å². The van der Waals surface area contributed by atoms with Crippen molar-refractivity contribution in [2.75, 3.05) is 0 Å². The number of hydrogen-bond donors (Lipinski definition) is 1. The summed E-state index contributed by atoms with van der Waals surface area (Å²) in [6, 6.07) is 15.4. The van der Waals surface area contributed by atoms with Crippen LogP contribution in [0.25, 0.3) is 0 Å². The molecule has 4 heteroatoms. The number of benzene rings is 2. The summed E-state index contributed by atoms with van der Waals surface area (Å²) < 4.78 is 5.74. The molecule has 3 nitrogen and oxygen atoms in total. The zero-order chi connectivity index (χ0) is 15.2. The zero-order valence-electron chi connectivity index (χ0n) is 11.8. The first-order chi connectivity index (χ1) is 10.0. The first kappa shape index (κ1) is 15.4. The van der Waals surface area contributed by atoms with Gasteiger partial charge in [-0.05, 0) is 36.2 Å². The Bertz CT molecular complexity index is 611. The van der Waals surface area contributed by atoms with E-state index in [9.17, 15) is 4.79 Å². The molecule has 0 unspecified atom stereocenters. The quantitative estimate of drug-likeness (QED) is 0.871. The normalized spacial score (nSPS) is 11.9. The van der Waals surface area contributed by atoms with Crippen molar-refractivity contribution in [3.63, 3.8) is 0 Å². The van der Waals surface area contributed by atoms with Crippen LogP contribution in [0.4, 0.5) is 0 Å². The van der Waals surface area contributed by atoms with Gasteiger partial charge in [-0.1, -0.05) is 41.9 Å². The topological polar surface area (TPSA) is 46.5 Å². The predicted octanol–water partition coefficient (Wildman–Crippen LogP) is 4.17. The number of aliphatic carboxylic acids is 1.